The Morgan fingerprint density at radius 2 is 2.44 bits per heavy atom. The van der Waals surface area contributed by atoms with Crippen LogP contribution in [-0.4, -0.2) is 18.1 Å². The Bertz CT molecular complexity index is 112. The summed E-state index contributed by atoms with van der Waals surface area (Å²) in [6.45, 7) is 1.86. The first kappa shape index (κ1) is 6.55. The molecule has 3 heteroatoms. The first-order chi connectivity index (χ1) is 4.18. The highest BCUT2D eigenvalue weighted by atomic mass is 16.5. The Morgan fingerprint density at radius 1 is 1.78 bits per heavy atom. The highest BCUT2D eigenvalue weighted by Crippen LogP contribution is 2.11. The lowest BCUT2D eigenvalue weighted by atomic mass is 10.1. The molecule has 0 aromatic heterocycles. The average molecular weight is 129 g/mol. The van der Waals surface area contributed by atoms with E-state index in [-0.39, 0.29) is 18.1 Å². The molecule has 0 aromatic rings. The minimum Gasteiger partial charge on any atom is -0.463 e. The molecular formula is C6H11NO2. The first-order valence-electron chi connectivity index (χ1n) is 3.13. The number of carbonyl (C=O) groups excluding carboxylic acids is 1. The minimum absolute atomic E-state index is 0.0150. The maximum atomic E-state index is 10.6. The van der Waals surface area contributed by atoms with Crippen LogP contribution >= 0.6 is 0 Å². The van der Waals surface area contributed by atoms with Gasteiger partial charge in [-0.3, -0.25) is 4.79 Å². The van der Waals surface area contributed by atoms with Crippen molar-refractivity contribution in [2.45, 2.75) is 31.9 Å². The second kappa shape index (κ2) is 2.35. The SMILES string of the molecule is C[C@H]1CC(N)CC(=O)O1. The number of nitrogens with two attached hydrogens (primary N) is 1. The van der Waals surface area contributed by atoms with E-state index in [2.05, 4.69) is 0 Å². The van der Waals surface area contributed by atoms with Gasteiger partial charge in [0, 0.05) is 6.04 Å². The third-order valence-electron chi connectivity index (χ3n) is 1.40. The molecule has 0 aromatic carbocycles. The predicted molar refractivity (Wildman–Crippen MR) is 32.8 cm³/mol. The molecule has 9 heavy (non-hydrogen) atoms. The van der Waals surface area contributed by atoms with Gasteiger partial charge in [0.1, 0.15) is 6.10 Å². The lowest BCUT2D eigenvalue weighted by Crippen LogP contribution is -2.36. The minimum atomic E-state index is -0.166. The van der Waals surface area contributed by atoms with E-state index in [9.17, 15) is 4.79 Å². The molecule has 1 saturated heterocycles. The first-order valence-corrected chi connectivity index (χ1v) is 3.13. The van der Waals surface area contributed by atoms with Gasteiger partial charge in [-0.15, -0.1) is 0 Å². The van der Waals surface area contributed by atoms with Gasteiger partial charge in [-0.2, -0.15) is 0 Å². The Hall–Kier alpha value is -0.570. The largest absolute Gasteiger partial charge is 0.463 e. The average Bonchev–Trinajstić information content (AvgIpc) is 1.59. The van der Waals surface area contributed by atoms with E-state index < -0.39 is 0 Å². The van der Waals surface area contributed by atoms with Crippen molar-refractivity contribution in [2.24, 2.45) is 5.73 Å². The molecule has 1 heterocycles. The molecule has 0 saturated carbocycles. The van der Waals surface area contributed by atoms with Crippen LogP contribution in [0.2, 0.25) is 0 Å². The molecule has 2 atom stereocenters. The lowest BCUT2D eigenvalue weighted by Gasteiger charge is -2.23. The fraction of sp³-hybridized carbons (Fsp3) is 0.833. The van der Waals surface area contributed by atoms with E-state index in [4.69, 9.17) is 10.5 Å². The van der Waals surface area contributed by atoms with E-state index in [0.29, 0.717) is 6.42 Å². The lowest BCUT2D eigenvalue weighted by molar-refractivity contribution is -0.153. The molecule has 52 valence electrons. The van der Waals surface area contributed by atoms with Crippen molar-refractivity contribution in [3.63, 3.8) is 0 Å². The summed E-state index contributed by atoms with van der Waals surface area (Å²) in [7, 11) is 0. The van der Waals surface area contributed by atoms with Gasteiger partial charge >= 0.3 is 5.97 Å². The molecule has 1 aliphatic rings. The van der Waals surface area contributed by atoms with Crippen molar-refractivity contribution in [3.8, 4) is 0 Å². The van der Waals surface area contributed by atoms with Gasteiger partial charge in [-0.05, 0) is 13.3 Å². The van der Waals surface area contributed by atoms with Crippen LogP contribution < -0.4 is 5.73 Å². The van der Waals surface area contributed by atoms with Crippen LogP contribution in [0, 0.1) is 0 Å². The molecule has 0 radical (unpaired) electrons. The van der Waals surface area contributed by atoms with Crippen molar-refractivity contribution in [1.29, 1.82) is 0 Å². The highest BCUT2D eigenvalue weighted by molar-refractivity contribution is 5.71. The van der Waals surface area contributed by atoms with Crippen LogP contribution in [0.1, 0.15) is 19.8 Å². The Morgan fingerprint density at radius 3 is 2.89 bits per heavy atom. The summed E-state index contributed by atoms with van der Waals surface area (Å²) >= 11 is 0. The molecular weight excluding hydrogens is 118 g/mol. The van der Waals surface area contributed by atoms with Crippen molar-refractivity contribution >= 4 is 5.97 Å². The summed E-state index contributed by atoms with van der Waals surface area (Å²) in [6, 6.07) is 0.0150. The highest BCUT2D eigenvalue weighted by Gasteiger charge is 2.22. The summed E-state index contributed by atoms with van der Waals surface area (Å²) in [5.74, 6) is -0.166. The monoisotopic (exact) mass is 129 g/mol. The second-order valence-corrected chi connectivity index (χ2v) is 2.50. The van der Waals surface area contributed by atoms with E-state index in [1.807, 2.05) is 6.92 Å². The topological polar surface area (TPSA) is 52.3 Å². The fourth-order valence-corrected chi connectivity index (χ4v) is 1.04. The molecule has 1 fully saturated rings. The van der Waals surface area contributed by atoms with E-state index >= 15 is 0 Å². The zero-order valence-electron chi connectivity index (χ0n) is 5.46. The maximum absolute atomic E-state index is 10.6. The Labute approximate surface area is 54.2 Å². The van der Waals surface area contributed by atoms with Crippen LogP contribution in [0.25, 0.3) is 0 Å². The predicted octanol–water partition coefficient (Wildman–Crippen LogP) is 0.0392. The fourth-order valence-electron chi connectivity index (χ4n) is 1.04. The number of carbonyl (C=O) groups is 1. The number of hydrogen-bond donors (Lipinski definition) is 1. The van der Waals surface area contributed by atoms with Crippen LogP contribution in [0.5, 0.6) is 0 Å². The molecule has 2 N–H and O–H groups in total. The second-order valence-electron chi connectivity index (χ2n) is 2.50. The third-order valence-corrected chi connectivity index (χ3v) is 1.40. The van der Waals surface area contributed by atoms with Crippen molar-refractivity contribution in [1.82, 2.24) is 0 Å². The molecule has 0 amide bonds. The molecule has 0 spiro atoms. The zero-order chi connectivity index (χ0) is 6.85. The van der Waals surface area contributed by atoms with Gasteiger partial charge in [0.05, 0.1) is 6.42 Å². The van der Waals surface area contributed by atoms with Gasteiger partial charge in [0.15, 0.2) is 0 Å². The summed E-state index contributed by atoms with van der Waals surface area (Å²) in [5.41, 5.74) is 5.51. The molecule has 3 nitrogen and oxygen atoms in total. The summed E-state index contributed by atoms with van der Waals surface area (Å²) in [4.78, 5) is 10.6. The molecule has 1 unspecified atom stereocenters. The van der Waals surface area contributed by atoms with Crippen molar-refractivity contribution in [3.05, 3.63) is 0 Å². The quantitative estimate of drug-likeness (QED) is 0.470. The summed E-state index contributed by atoms with van der Waals surface area (Å²) in [6.07, 6.45) is 1.19. The maximum Gasteiger partial charge on any atom is 0.307 e. The van der Waals surface area contributed by atoms with Crippen molar-refractivity contribution < 1.29 is 9.53 Å². The molecule has 0 bridgehead atoms. The van der Waals surface area contributed by atoms with Crippen LogP contribution in [0.15, 0.2) is 0 Å². The number of cyclic esters (lactones) is 1. The van der Waals surface area contributed by atoms with E-state index in [1.165, 1.54) is 0 Å². The number of esters is 1. The van der Waals surface area contributed by atoms with Gasteiger partial charge in [-0.1, -0.05) is 0 Å². The standard InChI is InChI=1S/C6H11NO2/c1-4-2-5(7)3-6(8)9-4/h4-5H,2-3,7H2,1H3/t4-,5?/m0/s1. The molecule has 1 aliphatic heterocycles. The van der Waals surface area contributed by atoms with Crippen LogP contribution in [0.4, 0.5) is 0 Å². The van der Waals surface area contributed by atoms with Gasteiger partial charge in [0.25, 0.3) is 0 Å². The number of hydrogen-bond acceptors (Lipinski definition) is 3. The Kier molecular flexibility index (Phi) is 1.71. The third kappa shape index (κ3) is 1.68. The van der Waals surface area contributed by atoms with E-state index in [1.54, 1.807) is 0 Å². The summed E-state index contributed by atoms with van der Waals surface area (Å²) in [5, 5.41) is 0. The molecule has 0 aliphatic carbocycles. The normalized spacial score (nSPS) is 36.0. The van der Waals surface area contributed by atoms with Gasteiger partial charge in [-0.25, -0.2) is 0 Å². The van der Waals surface area contributed by atoms with E-state index in [0.717, 1.165) is 6.42 Å². The van der Waals surface area contributed by atoms with Gasteiger partial charge < -0.3 is 10.5 Å². The van der Waals surface area contributed by atoms with Crippen LogP contribution in [0.3, 0.4) is 0 Å². The van der Waals surface area contributed by atoms with Crippen molar-refractivity contribution in [2.75, 3.05) is 0 Å². The summed E-state index contributed by atoms with van der Waals surface area (Å²) < 4.78 is 4.84. The number of ether oxygens (including phenoxy) is 1. The Balaban J connectivity index is 2.43. The van der Waals surface area contributed by atoms with Crippen LogP contribution in [-0.2, 0) is 9.53 Å². The zero-order valence-corrected chi connectivity index (χ0v) is 5.46. The molecule has 1 rings (SSSR count). The number of rotatable bonds is 0. The van der Waals surface area contributed by atoms with Gasteiger partial charge in [0.2, 0.25) is 0 Å². The smallest absolute Gasteiger partial charge is 0.307 e.